The summed E-state index contributed by atoms with van der Waals surface area (Å²) in [7, 11) is 0. The minimum absolute atomic E-state index is 0.0557. The molecule has 9 heteroatoms. The number of furan rings is 1. The van der Waals surface area contributed by atoms with Gasteiger partial charge in [-0.2, -0.15) is 0 Å². The van der Waals surface area contributed by atoms with Crippen LogP contribution in [0.15, 0.2) is 16.5 Å². The van der Waals surface area contributed by atoms with E-state index in [0.29, 0.717) is 26.3 Å². The molecule has 1 aromatic heterocycles. The van der Waals surface area contributed by atoms with Crippen molar-refractivity contribution in [1.82, 2.24) is 10.6 Å². The summed E-state index contributed by atoms with van der Waals surface area (Å²) in [6, 6.07) is 2.89. The number of carbonyl (C=O) groups is 2. The van der Waals surface area contributed by atoms with Gasteiger partial charge in [0, 0.05) is 13.1 Å². The average Bonchev–Trinajstić information content (AvgIpc) is 3.10. The largest absolute Gasteiger partial charge is 0.446 e. The van der Waals surface area contributed by atoms with Crippen LogP contribution < -0.4 is 10.6 Å². The van der Waals surface area contributed by atoms with E-state index in [-0.39, 0.29) is 37.3 Å². The molecular weight excluding hydrogens is 356 g/mol. The molecule has 0 aromatic carbocycles. The molecule has 0 saturated heterocycles. The standard InChI is InChI=1S/C18H30N2O7/c1-13(2)25-11-23-9-7-19-17(21)15-5-6-16(27-15)18(22)20-8-10-24-12-26-14(3)4/h5-6,13-14H,7-12H2,1-4H3,(H,19,21)(H,20,22). The quantitative estimate of drug-likeness (QED) is 0.369. The number of ether oxygens (including phenoxy) is 4. The van der Waals surface area contributed by atoms with Crippen LogP contribution in [0.1, 0.15) is 48.8 Å². The van der Waals surface area contributed by atoms with Crippen LogP contribution in [0.25, 0.3) is 0 Å². The maximum absolute atomic E-state index is 12.0. The van der Waals surface area contributed by atoms with Crippen LogP contribution in [0, 0.1) is 0 Å². The summed E-state index contributed by atoms with van der Waals surface area (Å²) in [5, 5.41) is 5.27. The molecule has 1 rings (SSSR count). The second kappa shape index (κ2) is 13.3. The van der Waals surface area contributed by atoms with Gasteiger partial charge in [-0.3, -0.25) is 9.59 Å². The van der Waals surface area contributed by atoms with E-state index in [0.717, 1.165) is 0 Å². The number of rotatable bonds is 14. The van der Waals surface area contributed by atoms with E-state index in [2.05, 4.69) is 10.6 Å². The van der Waals surface area contributed by atoms with Gasteiger partial charge in [0.2, 0.25) is 0 Å². The zero-order valence-corrected chi connectivity index (χ0v) is 16.4. The minimum Gasteiger partial charge on any atom is -0.446 e. The summed E-state index contributed by atoms with van der Waals surface area (Å²) in [6.45, 7) is 9.21. The van der Waals surface area contributed by atoms with Gasteiger partial charge in [0.25, 0.3) is 11.8 Å². The van der Waals surface area contributed by atoms with Gasteiger partial charge in [-0.05, 0) is 39.8 Å². The molecule has 2 amide bonds. The van der Waals surface area contributed by atoms with Crippen LogP contribution in [-0.2, 0) is 18.9 Å². The predicted molar refractivity (Wildman–Crippen MR) is 97.5 cm³/mol. The maximum atomic E-state index is 12.0. The fourth-order valence-corrected chi connectivity index (χ4v) is 1.72. The Bertz CT molecular complexity index is 511. The number of nitrogens with one attached hydrogen (secondary N) is 2. The molecule has 1 heterocycles. The van der Waals surface area contributed by atoms with E-state index >= 15 is 0 Å². The summed E-state index contributed by atoms with van der Waals surface area (Å²) in [6.07, 6.45) is 0.180. The Labute approximate surface area is 159 Å². The third-order valence-corrected chi connectivity index (χ3v) is 3.09. The lowest BCUT2D eigenvalue weighted by Gasteiger charge is -2.08. The second-order valence-corrected chi connectivity index (χ2v) is 6.16. The molecule has 0 unspecified atom stereocenters. The number of hydrogen-bond donors (Lipinski definition) is 2. The highest BCUT2D eigenvalue weighted by Gasteiger charge is 2.15. The number of amides is 2. The van der Waals surface area contributed by atoms with Crippen LogP contribution >= 0.6 is 0 Å². The fourth-order valence-electron chi connectivity index (χ4n) is 1.72. The van der Waals surface area contributed by atoms with Crippen LogP contribution in [-0.4, -0.2) is 63.9 Å². The van der Waals surface area contributed by atoms with Crippen molar-refractivity contribution in [3.05, 3.63) is 23.7 Å². The smallest absolute Gasteiger partial charge is 0.287 e. The third kappa shape index (κ3) is 10.7. The third-order valence-electron chi connectivity index (χ3n) is 3.09. The SMILES string of the molecule is CC(C)OCOCCNC(=O)c1ccc(C(=O)NCCOCOC(C)C)o1. The van der Waals surface area contributed by atoms with Gasteiger partial charge in [0.1, 0.15) is 13.6 Å². The summed E-state index contributed by atoms with van der Waals surface area (Å²) in [5.74, 6) is -0.728. The molecule has 0 radical (unpaired) electrons. The summed E-state index contributed by atoms with van der Waals surface area (Å²) in [4.78, 5) is 23.9. The zero-order valence-electron chi connectivity index (χ0n) is 16.4. The Hall–Kier alpha value is -1.94. The summed E-state index contributed by atoms with van der Waals surface area (Å²) < 4.78 is 26.1. The molecule has 0 atom stereocenters. The van der Waals surface area contributed by atoms with E-state index < -0.39 is 11.8 Å². The minimum atomic E-state index is -0.420. The molecule has 0 saturated carbocycles. The van der Waals surface area contributed by atoms with Gasteiger partial charge < -0.3 is 34.0 Å². The molecule has 0 aliphatic heterocycles. The van der Waals surface area contributed by atoms with Crippen molar-refractivity contribution in [1.29, 1.82) is 0 Å². The van der Waals surface area contributed by atoms with Crippen molar-refractivity contribution in [2.45, 2.75) is 39.9 Å². The first-order chi connectivity index (χ1) is 12.9. The molecule has 0 aliphatic rings. The second-order valence-electron chi connectivity index (χ2n) is 6.16. The van der Waals surface area contributed by atoms with Crippen LogP contribution in [0.5, 0.6) is 0 Å². The van der Waals surface area contributed by atoms with Crippen molar-refractivity contribution >= 4 is 11.8 Å². The molecule has 0 spiro atoms. The van der Waals surface area contributed by atoms with E-state index in [4.69, 9.17) is 23.4 Å². The lowest BCUT2D eigenvalue weighted by atomic mass is 10.4. The normalized spacial score (nSPS) is 11.2. The first kappa shape index (κ1) is 23.1. The lowest BCUT2D eigenvalue weighted by Crippen LogP contribution is -2.28. The monoisotopic (exact) mass is 386 g/mol. The topological polar surface area (TPSA) is 108 Å². The predicted octanol–water partition coefficient (Wildman–Crippen LogP) is 1.54. The first-order valence-electron chi connectivity index (χ1n) is 8.95. The number of hydrogen-bond acceptors (Lipinski definition) is 7. The zero-order chi connectivity index (χ0) is 20.1. The Morgan fingerprint density at radius 3 is 1.63 bits per heavy atom. The Kier molecular flexibility index (Phi) is 11.3. The maximum Gasteiger partial charge on any atom is 0.287 e. The molecule has 0 aliphatic carbocycles. The van der Waals surface area contributed by atoms with Crippen LogP contribution in [0.3, 0.4) is 0 Å². The highest BCUT2D eigenvalue weighted by atomic mass is 16.7. The van der Waals surface area contributed by atoms with Gasteiger partial charge in [-0.1, -0.05) is 0 Å². The van der Waals surface area contributed by atoms with Gasteiger partial charge in [-0.15, -0.1) is 0 Å². The van der Waals surface area contributed by atoms with Crippen LogP contribution in [0.2, 0.25) is 0 Å². The van der Waals surface area contributed by atoms with Crippen molar-refractivity contribution in [2.24, 2.45) is 0 Å². The van der Waals surface area contributed by atoms with Crippen molar-refractivity contribution < 1.29 is 33.0 Å². The van der Waals surface area contributed by atoms with Crippen LogP contribution in [0.4, 0.5) is 0 Å². The molecule has 0 bridgehead atoms. The van der Waals surface area contributed by atoms with E-state index in [1.54, 1.807) is 0 Å². The molecule has 9 nitrogen and oxygen atoms in total. The Morgan fingerprint density at radius 2 is 1.26 bits per heavy atom. The summed E-state index contributed by atoms with van der Waals surface area (Å²) >= 11 is 0. The molecule has 1 aromatic rings. The van der Waals surface area contributed by atoms with Gasteiger partial charge in [0.15, 0.2) is 11.5 Å². The van der Waals surface area contributed by atoms with Crippen molar-refractivity contribution in [2.75, 3.05) is 39.9 Å². The summed E-state index contributed by atoms with van der Waals surface area (Å²) in [5.41, 5.74) is 0. The van der Waals surface area contributed by atoms with Crippen molar-refractivity contribution in [3.63, 3.8) is 0 Å². The number of carbonyl (C=O) groups excluding carboxylic acids is 2. The first-order valence-corrected chi connectivity index (χ1v) is 8.95. The molecule has 27 heavy (non-hydrogen) atoms. The highest BCUT2D eigenvalue weighted by Crippen LogP contribution is 2.07. The van der Waals surface area contributed by atoms with Gasteiger partial charge in [-0.25, -0.2) is 0 Å². The van der Waals surface area contributed by atoms with E-state index in [1.165, 1.54) is 12.1 Å². The van der Waals surface area contributed by atoms with Gasteiger partial charge in [0.05, 0.1) is 25.4 Å². The van der Waals surface area contributed by atoms with Crippen molar-refractivity contribution in [3.8, 4) is 0 Å². The molecule has 2 N–H and O–H groups in total. The fraction of sp³-hybridized carbons (Fsp3) is 0.667. The lowest BCUT2D eigenvalue weighted by molar-refractivity contribution is -0.0771. The van der Waals surface area contributed by atoms with E-state index in [1.807, 2.05) is 27.7 Å². The molecular formula is C18H30N2O7. The molecule has 154 valence electrons. The molecule has 0 fully saturated rings. The Morgan fingerprint density at radius 1 is 0.852 bits per heavy atom. The highest BCUT2D eigenvalue weighted by molar-refractivity contribution is 5.95. The van der Waals surface area contributed by atoms with Gasteiger partial charge >= 0.3 is 0 Å². The Balaban J connectivity index is 2.21. The average molecular weight is 386 g/mol. The van der Waals surface area contributed by atoms with E-state index in [9.17, 15) is 9.59 Å².